The van der Waals surface area contributed by atoms with Crippen LogP contribution in [0.15, 0.2) is 30.3 Å². The van der Waals surface area contributed by atoms with Crippen LogP contribution >= 0.6 is 0 Å². The molecule has 1 aromatic carbocycles. The van der Waals surface area contributed by atoms with Gasteiger partial charge in [-0.15, -0.1) is 0 Å². The Bertz CT molecular complexity index is 317. The van der Waals surface area contributed by atoms with Crippen molar-refractivity contribution in [2.75, 3.05) is 6.54 Å². The van der Waals surface area contributed by atoms with Crippen LogP contribution in [0.2, 0.25) is 0 Å². The largest absolute Gasteiger partial charge is 0.382 e. The molecule has 3 N–H and O–H groups in total. The van der Waals surface area contributed by atoms with Gasteiger partial charge in [0.1, 0.15) is 12.6 Å². The molecule has 0 saturated heterocycles. The predicted molar refractivity (Wildman–Crippen MR) is 74.3 cm³/mol. The van der Waals surface area contributed by atoms with Crippen LogP contribution in [0, 0.1) is 0 Å². The van der Waals surface area contributed by atoms with Crippen LogP contribution in [0.1, 0.15) is 56.6 Å². The second-order valence-corrected chi connectivity index (χ2v) is 5.50. The number of benzene rings is 1. The molecule has 18 heavy (non-hydrogen) atoms. The first-order valence-corrected chi connectivity index (χ1v) is 7.42. The highest BCUT2D eigenvalue weighted by atomic mass is 16.3. The molecule has 0 unspecified atom stereocenters. The van der Waals surface area contributed by atoms with Gasteiger partial charge in [-0.05, 0) is 31.2 Å². The number of aliphatic hydroxyl groups excluding tert-OH is 1. The van der Waals surface area contributed by atoms with E-state index in [0.717, 1.165) is 18.2 Å². The molecule has 100 valence electrons. The van der Waals surface area contributed by atoms with Gasteiger partial charge in [0.05, 0.1) is 6.04 Å². The van der Waals surface area contributed by atoms with E-state index >= 15 is 0 Å². The maximum atomic E-state index is 10.1. The molecule has 2 rings (SSSR count). The SMILES string of the molecule is O[C@H](C[NH2+]C1CCCCCCC1)c1ccccc1. The maximum absolute atomic E-state index is 10.1. The van der Waals surface area contributed by atoms with E-state index in [1.54, 1.807) is 0 Å². The Morgan fingerprint density at radius 2 is 1.61 bits per heavy atom. The molecular formula is C16H26NO+. The van der Waals surface area contributed by atoms with Gasteiger partial charge in [-0.3, -0.25) is 0 Å². The molecule has 0 bridgehead atoms. The molecule has 0 heterocycles. The molecule has 1 aliphatic rings. The zero-order chi connectivity index (χ0) is 12.6. The standard InChI is InChI=1S/C16H25NO/c18-16(14-9-5-4-6-10-14)13-17-15-11-7-2-1-3-8-12-15/h4-6,9-10,15-18H,1-3,7-8,11-13H2/p+1/t16-/m1/s1. The third-order valence-corrected chi connectivity index (χ3v) is 4.03. The molecule has 0 aliphatic heterocycles. The molecule has 1 aromatic rings. The molecule has 1 aliphatic carbocycles. The third-order valence-electron chi connectivity index (χ3n) is 4.03. The van der Waals surface area contributed by atoms with Crippen molar-refractivity contribution in [2.24, 2.45) is 0 Å². The molecule has 1 fully saturated rings. The number of hydrogen-bond acceptors (Lipinski definition) is 1. The first-order valence-electron chi connectivity index (χ1n) is 7.42. The number of rotatable bonds is 4. The Balaban J connectivity index is 1.76. The Labute approximate surface area is 110 Å². The van der Waals surface area contributed by atoms with Gasteiger partial charge in [-0.25, -0.2) is 0 Å². The molecular weight excluding hydrogens is 222 g/mol. The second kappa shape index (κ2) is 7.55. The lowest BCUT2D eigenvalue weighted by atomic mass is 9.96. The third kappa shape index (κ3) is 4.43. The summed E-state index contributed by atoms with van der Waals surface area (Å²) in [6, 6.07) is 10.7. The smallest absolute Gasteiger partial charge is 0.128 e. The summed E-state index contributed by atoms with van der Waals surface area (Å²) < 4.78 is 0. The topological polar surface area (TPSA) is 36.8 Å². The molecule has 0 spiro atoms. The van der Waals surface area contributed by atoms with Crippen molar-refractivity contribution in [1.29, 1.82) is 0 Å². The van der Waals surface area contributed by atoms with Crippen LogP contribution in [0.5, 0.6) is 0 Å². The van der Waals surface area contributed by atoms with Crippen molar-refractivity contribution in [2.45, 2.75) is 57.1 Å². The number of aliphatic hydroxyl groups is 1. The van der Waals surface area contributed by atoms with Gasteiger partial charge in [-0.1, -0.05) is 49.6 Å². The number of hydrogen-bond donors (Lipinski definition) is 2. The van der Waals surface area contributed by atoms with E-state index in [0.29, 0.717) is 0 Å². The van der Waals surface area contributed by atoms with E-state index in [4.69, 9.17) is 0 Å². The highest BCUT2D eigenvalue weighted by Gasteiger charge is 2.16. The molecule has 2 nitrogen and oxygen atoms in total. The predicted octanol–water partition coefficient (Wildman–Crippen LogP) is 2.40. The molecule has 1 atom stereocenters. The maximum Gasteiger partial charge on any atom is 0.128 e. The van der Waals surface area contributed by atoms with Crippen molar-refractivity contribution in [3.63, 3.8) is 0 Å². The van der Waals surface area contributed by atoms with Crippen LogP contribution < -0.4 is 5.32 Å². The van der Waals surface area contributed by atoms with Crippen molar-refractivity contribution >= 4 is 0 Å². The summed E-state index contributed by atoms with van der Waals surface area (Å²) >= 11 is 0. The summed E-state index contributed by atoms with van der Waals surface area (Å²) in [5.41, 5.74) is 1.04. The lowest BCUT2D eigenvalue weighted by molar-refractivity contribution is -0.697. The van der Waals surface area contributed by atoms with Gasteiger partial charge in [-0.2, -0.15) is 0 Å². The summed E-state index contributed by atoms with van der Waals surface area (Å²) in [7, 11) is 0. The van der Waals surface area contributed by atoms with Crippen molar-refractivity contribution < 1.29 is 10.4 Å². The molecule has 0 amide bonds. The van der Waals surface area contributed by atoms with Crippen molar-refractivity contribution in [3.05, 3.63) is 35.9 Å². The fourth-order valence-electron chi connectivity index (χ4n) is 2.86. The van der Waals surface area contributed by atoms with Gasteiger partial charge < -0.3 is 10.4 Å². The second-order valence-electron chi connectivity index (χ2n) is 5.50. The van der Waals surface area contributed by atoms with Crippen molar-refractivity contribution in [1.82, 2.24) is 0 Å². The fourth-order valence-corrected chi connectivity index (χ4v) is 2.86. The minimum atomic E-state index is -0.323. The summed E-state index contributed by atoms with van der Waals surface area (Å²) in [5.74, 6) is 0. The van der Waals surface area contributed by atoms with Gasteiger partial charge in [0.15, 0.2) is 0 Å². The normalized spacial score (nSPS) is 20.1. The average Bonchev–Trinajstić information content (AvgIpc) is 2.38. The highest BCUT2D eigenvalue weighted by molar-refractivity contribution is 5.16. The zero-order valence-electron chi connectivity index (χ0n) is 11.2. The van der Waals surface area contributed by atoms with Crippen LogP contribution in [-0.2, 0) is 0 Å². The summed E-state index contributed by atoms with van der Waals surface area (Å²) in [6.07, 6.45) is 9.25. The van der Waals surface area contributed by atoms with E-state index in [2.05, 4.69) is 5.32 Å². The quantitative estimate of drug-likeness (QED) is 0.843. The van der Waals surface area contributed by atoms with E-state index in [9.17, 15) is 5.11 Å². The monoisotopic (exact) mass is 248 g/mol. The van der Waals surface area contributed by atoms with Crippen LogP contribution in [0.4, 0.5) is 0 Å². The molecule has 0 radical (unpaired) electrons. The highest BCUT2D eigenvalue weighted by Crippen LogP contribution is 2.15. The van der Waals surface area contributed by atoms with Gasteiger partial charge >= 0.3 is 0 Å². The minimum absolute atomic E-state index is 0.323. The van der Waals surface area contributed by atoms with E-state index in [1.165, 1.54) is 44.9 Å². The van der Waals surface area contributed by atoms with E-state index in [1.807, 2.05) is 30.3 Å². The number of quaternary nitrogens is 1. The molecule has 1 saturated carbocycles. The fraction of sp³-hybridized carbons (Fsp3) is 0.625. The minimum Gasteiger partial charge on any atom is -0.382 e. The zero-order valence-corrected chi connectivity index (χ0v) is 11.2. The Hall–Kier alpha value is -0.860. The van der Waals surface area contributed by atoms with Gasteiger partial charge in [0.2, 0.25) is 0 Å². The Morgan fingerprint density at radius 1 is 1.00 bits per heavy atom. The lowest BCUT2D eigenvalue weighted by Crippen LogP contribution is -2.90. The Kier molecular flexibility index (Phi) is 5.69. The van der Waals surface area contributed by atoms with Gasteiger partial charge in [0.25, 0.3) is 0 Å². The van der Waals surface area contributed by atoms with Crippen molar-refractivity contribution in [3.8, 4) is 0 Å². The van der Waals surface area contributed by atoms with Gasteiger partial charge in [0, 0.05) is 0 Å². The number of nitrogens with two attached hydrogens (primary N) is 1. The van der Waals surface area contributed by atoms with Crippen LogP contribution in [0.25, 0.3) is 0 Å². The lowest BCUT2D eigenvalue weighted by Gasteiger charge is -2.20. The van der Waals surface area contributed by atoms with Crippen LogP contribution in [-0.4, -0.2) is 17.7 Å². The van der Waals surface area contributed by atoms with Crippen LogP contribution in [0.3, 0.4) is 0 Å². The average molecular weight is 248 g/mol. The summed E-state index contributed by atoms with van der Waals surface area (Å²) in [6.45, 7) is 0.800. The first-order chi connectivity index (χ1) is 8.86. The van der Waals surface area contributed by atoms with E-state index < -0.39 is 0 Å². The molecule has 0 aromatic heterocycles. The molecule has 2 heteroatoms. The van der Waals surface area contributed by atoms with E-state index in [-0.39, 0.29) is 6.10 Å². The first kappa shape index (κ1) is 13.6. The summed E-state index contributed by atoms with van der Waals surface area (Å²) in [5, 5.41) is 12.5. The Morgan fingerprint density at radius 3 is 2.28 bits per heavy atom. The summed E-state index contributed by atoms with van der Waals surface area (Å²) in [4.78, 5) is 0.